The van der Waals surface area contributed by atoms with Gasteiger partial charge in [0, 0.05) is 18.7 Å². The quantitative estimate of drug-likeness (QED) is 0.749. The summed E-state index contributed by atoms with van der Waals surface area (Å²) in [4.78, 5) is 21.5. The minimum absolute atomic E-state index is 0.0143. The largest absolute Gasteiger partial charge is 0.493 e. The molecule has 1 aliphatic rings. The van der Waals surface area contributed by atoms with Crippen molar-refractivity contribution in [3.8, 4) is 22.9 Å². The highest BCUT2D eigenvalue weighted by molar-refractivity contribution is 5.80. The molecule has 3 aromatic rings. The topological polar surface area (TPSA) is 67.5 Å². The molecule has 4 rings (SSSR count). The third-order valence-electron chi connectivity index (χ3n) is 4.69. The van der Waals surface area contributed by atoms with Crippen molar-refractivity contribution in [3.05, 3.63) is 42.2 Å². The van der Waals surface area contributed by atoms with E-state index in [1.807, 2.05) is 11.0 Å². The number of aromatic nitrogens is 2. The molecule has 140 valence electrons. The molecule has 1 aromatic heterocycles. The summed E-state index contributed by atoms with van der Waals surface area (Å²) in [6, 6.07) is 9.77. The molecule has 0 aliphatic carbocycles. The van der Waals surface area contributed by atoms with Crippen molar-refractivity contribution in [1.82, 2.24) is 14.9 Å². The van der Waals surface area contributed by atoms with Crippen molar-refractivity contribution >= 4 is 16.9 Å². The van der Waals surface area contributed by atoms with Gasteiger partial charge in [0.1, 0.15) is 11.6 Å². The Balaban J connectivity index is 1.54. The van der Waals surface area contributed by atoms with Gasteiger partial charge in [-0.3, -0.25) is 4.79 Å². The lowest BCUT2D eigenvalue weighted by Crippen LogP contribution is -2.32. The number of hydrogen-bond donors (Lipinski definition) is 1. The Morgan fingerprint density at radius 1 is 1.19 bits per heavy atom. The summed E-state index contributed by atoms with van der Waals surface area (Å²) < 4.78 is 24.4. The highest BCUT2D eigenvalue weighted by Crippen LogP contribution is 2.32. The first-order valence-electron chi connectivity index (χ1n) is 8.88. The number of imidazole rings is 1. The zero-order valence-electron chi connectivity index (χ0n) is 15.0. The van der Waals surface area contributed by atoms with Crippen molar-refractivity contribution in [1.29, 1.82) is 0 Å². The Morgan fingerprint density at radius 3 is 2.78 bits per heavy atom. The zero-order chi connectivity index (χ0) is 18.8. The van der Waals surface area contributed by atoms with Gasteiger partial charge >= 0.3 is 0 Å². The third kappa shape index (κ3) is 3.58. The summed E-state index contributed by atoms with van der Waals surface area (Å²) in [5, 5.41) is 0. The van der Waals surface area contributed by atoms with Crippen LogP contribution in [0.1, 0.15) is 12.8 Å². The van der Waals surface area contributed by atoms with Crippen LogP contribution in [0.2, 0.25) is 0 Å². The number of amides is 1. The first kappa shape index (κ1) is 17.3. The van der Waals surface area contributed by atoms with E-state index in [4.69, 9.17) is 9.47 Å². The van der Waals surface area contributed by atoms with E-state index in [9.17, 15) is 9.18 Å². The maximum absolute atomic E-state index is 13.4. The molecule has 1 aliphatic heterocycles. The molecule has 1 N–H and O–H groups in total. The second-order valence-corrected chi connectivity index (χ2v) is 6.49. The van der Waals surface area contributed by atoms with Gasteiger partial charge in [-0.1, -0.05) is 0 Å². The van der Waals surface area contributed by atoms with E-state index in [2.05, 4.69) is 9.97 Å². The summed E-state index contributed by atoms with van der Waals surface area (Å²) in [6.45, 7) is 1.58. The number of carbonyl (C=O) groups excluding carboxylic acids is 1. The Bertz CT molecular complexity index is 980. The molecule has 0 spiro atoms. The van der Waals surface area contributed by atoms with Crippen LogP contribution in [0.15, 0.2) is 36.4 Å². The number of methoxy groups -OCH3 is 1. The van der Waals surface area contributed by atoms with Gasteiger partial charge in [-0.15, -0.1) is 0 Å². The van der Waals surface area contributed by atoms with Gasteiger partial charge in [0.05, 0.1) is 18.1 Å². The summed E-state index contributed by atoms with van der Waals surface area (Å²) >= 11 is 0. The predicted octanol–water partition coefficient (Wildman–Crippen LogP) is 3.38. The second kappa shape index (κ2) is 7.26. The molecule has 0 radical (unpaired) electrons. The lowest BCUT2D eigenvalue weighted by molar-refractivity contribution is -0.132. The first-order chi connectivity index (χ1) is 13.1. The van der Waals surface area contributed by atoms with E-state index in [1.54, 1.807) is 25.3 Å². The highest BCUT2D eigenvalue weighted by atomic mass is 19.1. The Hall–Kier alpha value is -3.09. The Morgan fingerprint density at radius 2 is 2.00 bits per heavy atom. The number of nitrogens with zero attached hydrogens (tertiary/aromatic N) is 2. The second-order valence-electron chi connectivity index (χ2n) is 6.49. The van der Waals surface area contributed by atoms with Gasteiger partial charge in [0.2, 0.25) is 0 Å². The number of rotatable bonds is 5. The van der Waals surface area contributed by atoms with Crippen LogP contribution in [0.5, 0.6) is 11.5 Å². The highest BCUT2D eigenvalue weighted by Gasteiger charge is 2.19. The first-order valence-corrected chi connectivity index (χ1v) is 8.88. The maximum Gasteiger partial charge on any atom is 0.260 e. The number of halogens is 1. The number of likely N-dealkylation sites (tertiary alicyclic amines) is 1. The molecule has 0 unspecified atom stereocenters. The molecule has 6 nitrogen and oxygen atoms in total. The van der Waals surface area contributed by atoms with Crippen molar-refractivity contribution in [3.63, 3.8) is 0 Å². The average molecular weight is 369 g/mol. The van der Waals surface area contributed by atoms with Gasteiger partial charge < -0.3 is 19.4 Å². The van der Waals surface area contributed by atoms with Crippen LogP contribution in [-0.4, -0.2) is 47.6 Å². The number of ether oxygens (including phenoxy) is 2. The lowest BCUT2D eigenvalue weighted by Gasteiger charge is -2.16. The van der Waals surface area contributed by atoms with E-state index in [-0.39, 0.29) is 18.3 Å². The molecule has 2 aromatic carbocycles. The summed E-state index contributed by atoms with van der Waals surface area (Å²) in [6.07, 6.45) is 2.09. The van der Waals surface area contributed by atoms with Crippen LogP contribution in [0.25, 0.3) is 22.4 Å². The number of H-pyrrole nitrogens is 1. The van der Waals surface area contributed by atoms with Crippen molar-refractivity contribution in [2.75, 3.05) is 26.8 Å². The molecule has 0 saturated carbocycles. The molecular formula is C20H20FN3O3. The number of benzene rings is 2. The number of aromatic amines is 1. The van der Waals surface area contributed by atoms with Crippen LogP contribution < -0.4 is 9.47 Å². The number of nitrogens with one attached hydrogen (secondary N) is 1. The van der Waals surface area contributed by atoms with Crippen LogP contribution in [0.4, 0.5) is 4.39 Å². The van der Waals surface area contributed by atoms with Crippen LogP contribution in [-0.2, 0) is 4.79 Å². The maximum atomic E-state index is 13.4. The molecule has 1 fully saturated rings. The molecule has 1 amide bonds. The lowest BCUT2D eigenvalue weighted by atomic mass is 10.2. The van der Waals surface area contributed by atoms with Crippen molar-refractivity contribution < 1.29 is 18.7 Å². The molecule has 0 atom stereocenters. The van der Waals surface area contributed by atoms with E-state index >= 15 is 0 Å². The summed E-state index contributed by atoms with van der Waals surface area (Å²) in [5.74, 6) is 1.28. The summed E-state index contributed by atoms with van der Waals surface area (Å²) in [5.41, 5.74) is 2.09. The minimum Gasteiger partial charge on any atom is -0.493 e. The van der Waals surface area contributed by atoms with Crippen molar-refractivity contribution in [2.45, 2.75) is 12.8 Å². The molecule has 1 saturated heterocycles. The van der Waals surface area contributed by atoms with Gasteiger partial charge in [0.25, 0.3) is 5.91 Å². The van der Waals surface area contributed by atoms with E-state index in [1.165, 1.54) is 12.1 Å². The number of fused-ring (bicyclic) bond motifs is 1. The normalized spacial score (nSPS) is 13.9. The minimum atomic E-state index is -0.318. The van der Waals surface area contributed by atoms with Gasteiger partial charge in [-0.2, -0.15) is 0 Å². The predicted molar refractivity (Wildman–Crippen MR) is 99.3 cm³/mol. The zero-order valence-corrected chi connectivity index (χ0v) is 15.0. The molecule has 7 heteroatoms. The monoisotopic (exact) mass is 369 g/mol. The molecular weight excluding hydrogens is 349 g/mol. The van der Waals surface area contributed by atoms with E-state index < -0.39 is 0 Å². The standard InChI is InChI=1S/C20H20FN3O3/c1-26-18-10-13(20-22-15-6-5-14(21)11-16(15)23-20)4-7-17(18)27-12-19(25)24-8-2-3-9-24/h4-7,10-11H,2-3,8-9,12H2,1H3,(H,22,23). The van der Waals surface area contributed by atoms with E-state index in [0.29, 0.717) is 28.4 Å². The Labute approximate surface area is 155 Å². The van der Waals surface area contributed by atoms with Gasteiger partial charge in [-0.25, -0.2) is 9.37 Å². The van der Waals surface area contributed by atoms with Crippen LogP contribution in [0.3, 0.4) is 0 Å². The third-order valence-corrected chi connectivity index (χ3v) is 4.69. The smallest absolute Gasteiger partial charge is 0.260 e. The van der Waals surface area contributed by atoms with Gasteiger partial charge in [0.15, 0.2) is 18.1 Å². The van der Waals surface area contributed by atoms with Crippen molar-refractivity contribution in [2.24, 2.45) is 0 Å². The molecule has 27 heavy (non-hydrogen) atoms. The number of hydrogen-bond acceptors (Lipinski definition) is 4. The number of carbonyl (C=O) groups is 1. The fourth-order valence-corrected chi connectivity index (χ4v) is 3.25. The fraction of sp³-hybridized carbons (Fsp3) is 0.300. The van der Waals surface area contributed by atoms with Crippen LogP contribution in [0, 0.1) is 5.82 Å². The summed E-state index contributed by atoms with van der Waals surface area (Å²) in [7, 11) is 1.54. The fourth-order valence-electron chi connectivity index (χ4n) is 3.25. The van der Waals surface area contributed by atoms with Crippen LogP contribution >= 0.6 is 0 Å². The van der Waals surface area contributed by atoms with Gasteiger partial charge in [-0.05, 0) is 49.2 Å². The SMILES string of the molecule is COc1cc(-c2nc3ccc(F)cc3[nH]2)ccc1OCC(=O)N1CCCC1. The Kier molecular flexibility index (Phi) is 4.66. The molecule has 0 bridgehead atoms. The van der Waals surface area contributed by atoms with E-state index in [0.717, 1.165) is 31.5 Å². The molecule has 2 heterocycles. The average Bonchev–Trinajstić information content (AvgIpc) is 3.35.